The molecule has 0 saturated carbocycles. The van der Waals surface area contributed by atoms with Gasteiger partial charge in [0.2, 0.25) is 5.88 Å². The molecule has 3 aromatic rings. The Hall–Kier alpha value is -3.46. The van der Waals surface area contributed by atoms with Gasteiger partial charge in [-0.25, -0.2) is 4.68 Å². The van der Waals surface area contributed by atoms with Crippen LogP contribution in [0, 0.1) is 18.3 Å². The monoisotopic (exact) mass is 319 g/mol. The van der Waals surface area contributed by atoms with E-state index in [2.05, 4.69) is 5.10 Å². The molecule has 0 unspecified atom stereocenters. The quantitative estimate of drug-likeness (QED) is 0.780. The number of hydrogen-bond donors (Lipinski definition) is 1. The molecule has 1 atom stereocenters. The van der Waals surface area contributed by atoms with Gasteiger partial charge in [-0.1, -0.05) is 18.2 Å². The highest BCUT2D eigenvalue weighted by molar-refractivity contribution is 5.55. The highest BCUT2D eigenvalue weighted by Crippen LogP contribution is 2.44. The largest absolute Gasteiger partial charge is 0.480 e. The van der Waals surface area contributed by atoms with E-state index in [0.29, 0.717) is 22.9 Å². The van der Waals surface area contributed by atoms with Gasteiger partial charge in [0.15, 0.2) is 0 Å². The molecule has 24 heavy (non-hydrogen) atoms. The molecule has 0 amide bonds. The molecule has 0 bridgehead atoms. The zero-order valence-electron chi connectivity index (χ0n) is 12.8. The van der Waals surface area contributed by atoms with Crippen molar-refractivity contribution >= 4 is 0 Å². The summed E-state index contributed by atoms with van der Waals surface area (Å²) in [4.78, 5) is 0. The molecule has 0 aliphatic carbocycles. The molecular weight excluding hydrogens is 306 g/mol. The van der Waals surface area contributed by atoms with Crippen molar-refractivity contribution in [2.24, 2.45) is 0 Å². The summed E-state index contributed by atoms with van der Waals surface area (Å²) < 4.78 is 12.6. The first-order valence-electron chi connectivity index (χ1n) is 7.40. The van der Waals surface area contributed by atoms with Gasteiger partial charge >= 0.3 is 0 Å². The lowest BCUT2D eigenvalue weighted by Crippen LogP contribution is -2.17. The number of aliphatic hydroxyl groups excluding tert-OH is 1. The van der Waals surface area contributed by atoms with Gasteiger partial charge in [-0.3, -0.25) is 0 Å². The summed E-state index contributed by atoms with van der Waals surface area (Å²) in [6.45, 7) is 1.84. The molecule has 6 heteroatoms. The molecule has 1 aromatic carbocycles. The number of aryl methyl sites for hydroxylation is 1. The molecule has 1 aliphatic rings. The summed E-state index contributed by atoms with van der Waals surface area (Å²) in [5, 5.41) is 24.2. The van der Waals surface area contributed by atoms with Gasteiger partial charge in [-0.15, -0.1) is 0 Å². The van der Waals surface area contributed by atoms with E-state index >= 15 is 0 Å². The number of rotatable bonds is 2. The fourth-order valence-corrected chi connectivity index (χ4v) is 2.96. The van der Waals surface area contributed by atoms with Crippen molar-refractivity contribution < 1.29 is 14.3 Å². The Kier molecular flexibility index (Phi) is 3.14. The molecule has 118 valence electrons. The predicted molar refractivity (Wildman–Crippen MR) is 84.7 cm³/mol. The summed E-state index contributed by atoms with van der Waals surface area (Å²) >= 11 is 0. The van der Waals surface area contributed by atoms with Gasteiger partial charge in [-0.05, 0) is 31.2 Å². The smallest absolute Gasteiger partial charge is 0.299 e. The lowest BCUT2D eigenvalue weighted by Gasteiger charge is -2.22. The molecule has 0 saturated heterocycles. The summed E-state index contributed by atoms with van der Waals surface area (Å²) in [5.74, 6) is -0.0374. The van der Waals surface area contributed by atoms with Crippen LogP contribution < -0.4 is 4.74 Å². The molecule has 0 spiro atoms. The van der Waals surface area contributed by atoms with E-state index in [0.717, 1.165) is 5.69 Å². The number of aromatic nitrogens is 2. The van der Waals surface area contributed by atoms with Crippen molar-refractivity contribution in [3.8, 4) is 17.6 Å². The van der Waals surface area contributed by atoms with Crippen LogP contribution in [0.4, 0.5) is 0 Å². The molecule has 4 rings (SSSR count). The van der Waals surface area contributed by atoms with Crippen LogP contribution in [0.3, 0.4) is 0 Å². The molecule has 1 N–H and O–H groups in total. The maximum Gasteiger partial charge on any atom is 0.299 e. The van der Waals surface area contributed by atoms with Crippen LogP contribution in [-0.4, -0.2) is 14.9 Å². The highest BCUT2D eigenvalue weighted by Gasteiger charge is 2.38. The van der Waals surface area contributed by atoms with E-state index in [1.165, 1.54) is 6.26 Å². The summed E-state index contributed by atoms with van der Waals surface area (Å²) in [7, 11) is 0. The van der Waals surface area contributed by atoms with Crippen molar-refractivity contribution in [2.75, 3.05) is 0 Å². The Morgan fingerprint density at radius 2 is 2.00 bits per heavy atom. The number of benzene rings is 1. The molecule has 2 aromatic heterocycles. The maximum absolute atomic E-state index is 10.2. The Bertz CT molecular complexity index is 963. The Balaban J connectivity index is 1.97. The van der Waals surface area contributed by atoms with E-state index in [4.69, 9.17) is 9.15 Å². The van der Waals surface area contributed by atoms with Crippen LogP contribution in [0.15, 0.2) is 64.7 Å². The third-order valence-corrected chi connectivity index (χ3v) is 4.01. The number of nitriles is 1. The van der Waals surface area contributed by atoms with Crippen molar-refractivity contribution in [2.45, 2.75) is 12.8 Å². The van der Waals surface area contributed by atoms with Crippen LogP contribution in [0.5, 0.6) is 5.88 Å². The summed E-state index contributed by atoms with van der Waals surface area (Å²) in [6.07, 6.45) is 1.54. The Morgan fingerprint density at radius 1 is 1.21 bits per heavy atom. The number of hydrogen-bond acceptors (Lipinski definition) is 5. The second-order valence-electron chi connectivity index (χ2n) is 5.43. The lowest BCUT2D eigenvalue weighted by atomic mass is 9.88. The Morgan fingerprint density at radius 3 is 2.67 bits per heavy atom. The number of fused-ring (bicyclic) bond motifs is 1. The SMILES string of the molecule is Cc1nn(-c2ccccc2)c2c1[C@H](c1ccco1)C(C#N)=C(O)O2. The number of allylic oxidation sites excluding steroid dienone is 1. The number of furan rings is 1. The maximum atomic E-state index is 10.2. The van der Waals surface area contributed by atoms with Gasteiger partial charge < -0.3 is 14.3 Å². The third-order valence-electron chi connectivity index (χ3n) is 4.01. The average molecular weight is 319 g/mol. The normalized spacial score (nSPS) is 16.4. The molecule has 0 fully saturated rings. The van der Waals surface area contributed by atoms with E-state index in [9.17, 15) is 10.4 Å². The number of para-hydroxylation sites is 1. The standard InChI is InChI=1S/C18H13N3O3/c1-11-15-16(14-8-5-9-23-14)13(10-19)18(22)24-17(15)21(20-11)12-6-3-2-4-7-12/h2-9,16,22H,1H3/t16-/m0/s1. The van der Waals surface area contributed by atoms with Crippen LogP contribution in [0.2, 0.25) is 0 Å². The van der Waals surface area contributed by atoms with Crippen LogP contribution in [0.1, 0.15) is 22.9 Å². The van der Waals surface area contributed by atoms with Crippen LogP contribution in [-0.2, 0) is 0 Å². The first kappa shape index (κ1) is 14.2. The molecule has 1 aliphatic heterocycles. The first-order valence-corrected chi connectivity index (χ1v) is 7.40. The number of ether oxygens (including phenoxy) is 1. The number of aliphatic hydroxyl groups is 1. The summed E-state index contributed by atoms with van der Waals surface area (Å²) in [6, 6.07) is 15.0. The van der Waals surface area contributed by atoms with Gasteiger partial charge in [0, 0.05) is 0 Å². The van der Waals surface area contributed by atoms with E-state index in [1.807, 2.05) is 43.3 Å². The zero-order valence-corrected chi connectivity index (χ0v) is 12.8. The minimum absolute atomic E-state index is 0.105. The second-order valence-corrected chi connectivity index (χ2v) is 5.43. The van der Waals surface area contributed by atoms with Gasteiger partial charge in [0.05, 0.1) is 29.1 Å². The topological polar surface area (TPSA) is 84.2 Å². The van der Waals surface area contributed by atoms with Crippen molar-refractivity contribution in [3.63, 3.8) is 0 Å². The third kappa shape index (κ3) is 1.99. The van der Waals surface area contributed by atoms with E-state index in [1.54, 1.807) is 16.8 Å². The second kappa shape index (κ2) is 5.32. The first-order chi connectivity index (χ1) is 11.7. The summed E-state index contributed by atoms with van der Waals surface area (Å²) in [5.41, 5.74) is 2.32. The van der Waals surface area contributed by atoms with Gasteiger partial charge in [-0.2, -0.15) is 10.4 Å². The van der Waals surface area contributed by atoms with Crippen molar-refractivity contribution in [1.29, 1.82) is 5.26 Å². The highest BCUT2D eigenvalue weighted by atomic mass is 16.6. The Labute approximate surface area is 137 Å². The minimum Gasteiger partial charge on any atom is -0.480 e. The molecule has 0 radical (unpaired) electrons. The molecule has 3 heterocycles. The van der Waals surface area contributed by atoms with E-state index < -0.39 is 11.9 Å². The fourth-order valence-electron chi connectivity index (χ4n) is 2.96. The minimum atomic E-state index is -0.550. The van der Waals surface area contributed by atoms with Crippen molar-refractivity contribution in [1.82, 2.24) is 9.78 Å². The van der Waals surface area contributed by atoms with E-state index in [-0.39, 0.29) is 5.57 Å². The van der Waals surface area contributed by atoms with Crippen molar-refractivity contribution in [3.05, 3.63) is 77.3 Å². The molecular formula is C18H13N3O3. The number of nitrogens with zero attached hydrogens (tertiary/aromatic N) is 3. The van der Waals surface area contributed by atoms with Gasteiger partial charge in [0.25, 0.3) is 5.95 Å². The van der Waals surface area contributed by atoms with Crippen LogP contribution in [0.25, 0.3) is 5.69 Å². The van der Waals surface area contributed by atoms with Gasteiger partial charge in [0.1, 0.15) is 17.4 Å². The van der Waals surface area contributed by atoms with Crippen LogP contribution >= 0.6 is 0 Å². The fraction of sp³-hybridized carbons (Fsp3) is 0.111. The zero-order chi connectivity index (χ0) is 16.7. The predicted octanol–water partition coefficient (Wildman–Crippen LogP) is 3.59. The average Bonchev–Trinajstić information content (AvgIpc) is 3.23. The molecule has 6 nitrogen and oxygen atoms in total. The lowest BCUT2D eigenvalue weighted by molar-refractivity contribution is 0.184.